The van der Waals surface area contributed by atoms with Crippen LogP contribution in [0.2, 0.25) is 0 Å². The maximum Gasteiger partial charge on any atom is 0.489 e. The molecule has 72 valence electrons. The number of hydrogen-bond donors (Lipinski definition) is 4. The topological polar surface area (TPSA) is 66.5 Å². The average Bonchev–Trinajstić information content (AvgIpc) is 2.49. The molecular weight excluding hydrogens is 217 g/mol. The Morgan fingerprint density at radius 2 is 2.07 bits per heavy atom. The molecule has 0 bridgehead atoms. The summed E-state index contributed by atoms with van der Waals surface area (Å²) in [5.74, 6) is 0. The van der Waals surface area contributed by atoms with Crippen molar-refractivity contribution in [2.75, 3.05) is 5.73 Å². The van der Waals surface area contributed by atoms with Gasteiger partial charge in [0.15, 0.2) is 0 Å². The van der Waals surface area contributed by atoms with E-state index in [9.17, 15) is 0 Å². The van der Waals surface area contributed by atoms with Crippen molar-refractivity contribution in [3.8, 4) is 0 Å². The molecule has 1 aromatic carbocycles. The number of thiophene rings is 1. The highest BCUT2D eigenvalue weighted by Gasteiger charge is 2.17. The van der Waals surface area contributed by atoms with Gasteiger partial charge in [0.1, 0.15) is 0 Å². The van der Waals surface area contributed by atoms with E-state index >= 15 is 0 Å². The Hall–Kier alpha value is -0.685. The number of benzene rings is 1. The molecule has 0 atom stereocenters. The molecule has 1 heterocycles. The smallest absolute Gasteiger partial charge is 0.423 e. The van der Waals surface area contributed by atoms with Crippen molar-refractivity contribution in [3.63, 3.8) is 0 Å². The number of hydrogen-bond acceptors (Lipinski definition) is 5. The molecule has 0 aliphatic heterocycles. The lowest BCUT2D eigenvalue weighted by atomic mass is 9.80. The van der Waals surface area contributed by atoms with Gasteiger partial charge in [0.05, 0.1) is 5.69 Å². The summed E-state index contributed by atoms with van der Waals surface area (Å²) >= 11 is 5.70. The normalized spacial score (nSPS) is 10.8. The fourth-order valence-corrected chi connectivity index (χ4v) is 2.71. The molecular formula is C8H8BNO2S2. The zero-order chi connectivity index (χ0) is 10.3. The maximum atomic E-state index is 9.05. The molecule has 0 aliphatic rings. The number of nitrogen functional groups attached to an aromatic ring is 1. The highest BCUT2D eigenvalue weighted by Crippen LogP contribution is 2.31. The van der Waals surface area contributed by atoms with Crippen molar-refractivity contribution in [3.05, 3.63) is 17.5 Å². The van der Waals surface area contributed by atoms with Crippen LogP contribution in [0.4, 0.5) is 5.69 Å². The monoisotopic (exact) mass is 225 g/mol. The van der Waals surface area contributed by atoms with Crippen LogP contribution in [0.25, 0.3) is 10.1 Å². The van der Waals surface area contributed by atoms with Gasteiger partial charge >= 0.3 is 7.12 Å². The highest BCUT2D eigenvalue weighted by atomic mass is 32.1. The summed E-state index contributed by atoms with van der Waals surface area (Å²) in [6.07, 6.45) is 0. The van der Waals surface area contributed by atoms with E-state index in [1.807, 2.05) is 5.38 Å². The quantitative estimate of drug-likeness (QED) is 0.421. The van der Waals surface area contributed by atoms with Gasteiger partial charge in [-0.3, -0.25) is 0 Å². The van der Waals surface area contributed by atoms with Crippen LogP contribution >= 0.6 is 24.0 Å². The Morgan fingerprint density at radius 3 is 2.71 bits per heavy atom. The molecule has 0 unspecified atom stereocenters. The summed E-state index contributed by atoms with van der Waals surface area (Å²) in [6.45, 7) is 0. The first kappa shape index (κ1) is 9.85. The van der Waals surface area contributed by atoms with Gasteiger partial charge in [-0.2, -0.15) is 0 Å². The van der Waals surface area contributed by atoms with Crippen LogP contribution in [0.3, 0.4) is 0 Å². The van der Waals surface area contributed by atoms with Crippen LogP contribution in [0.5, 0.6) is 0 Å². The minimum Gasteiger partial charge on any atom is -0.423 e. The summed E-state index contributed by atoms with van der Waals surface area (Å²) in [5, 5.41) is 20.8. The van der Waals surface area contributed by atoms with Crippen LogP contribution < -0.4 is 11.2 Å². The van der Waals surface area contributed by atoms with E-state index in [4.69, 9.17) is 15.8 Å². The van der Waals surface area contributed by atoms with Crippen molar-refractivity contribution in [1.82, 2.24) is 0 Å². The minimum atomic E-state index is -1.49. The third-order valence-electron chi connectivity index (χ3n) is 2.06. The van der Waals surface area contributed by atoms with Gasteiger partial charge in [-0.05, 0) is 5.46 Å². The SMILES string of the molecule is Nc1csc2c(S)c(B(O)O)ccc12. The van der Waals surface area contributed by atoms with Crippen LogP contribution in [0.15, 0.2) is 22.4 Å². The van der Waals surface area contributed by atoms with E-state index in [0.29, 0.717) is 16.0 Å². The number of thiol groups is 1. The van der Waals surface area contributed by atoms with Gasteiger partial charge in [-0.15, -0.1) is 24.0 Å². The van der Waals surface area contributed by atoms with E-state index in [2.05, 4.69) is 12.6 Å². The van der Waals surface area contributed by atoms with Crippen molar-refractivity contribution in [2.24, 2.45) is 0 Å². The first-order valence-electron chi connectivity index (χ1n) is 3.96. The third kappa shape index (κ3) is 1.40. The fourth-order valence-electron chi connectivity index (χ4n) is 1.33. The molecule has 2 rings (SSSR count). The van der Waals surface area contributed by atoms with Gasteiger partial charge in [0.25, 0.3) is 0 Å². The van der Waals surface area contributed by atoms with E-state index in [0.717, 1.165) is 10.1 Å². The number of rotatable bonds is 1. The molecule has 0 spiro atoms. The largest absolute Gasteiger partial charge is 0.489 e. The Bertz CT molecular complexity index is 483. The average molecular weight is 225 g/mol. The van der Waals surface area contributed by atoms with Crippen molar-refractivity contribution in [1.29, 1.82) is 0 Å². The fraction of sp³-hybridized carbons (Fsp3) is 0. The van der Waals surface area contributed by atoms with Crippen molar-refractivity contribution in [2.45, 2.75) is 4.90 Å². The van der Waals surface area contributed by atoms with E-state index in [1.165, 1.54) is 11.3 Å². The molecule has 0 radical (unpaired) electrons. The lowest BCUT2D eigenvalue weighted by Gasteiger charge is -2.04. The lowest BCUT2D eigenvalue weighted by molar-refractivity contribution is 0.425. The molecule has 3 nitrogen and oxygen atoms in total. The summed E-state index contributed by atoms with van der Waals surface area (Å²) in [7, 11) is -1.49. The second-order valence-electron chi connectivity index (χ2n) is 2.94. The summed E-state index contributed by atoms with van der Waals surface area (Å²) < 4.78 is 0.886. The van der Waals surface area contributed by atoms with Gasteiger partial charge in [-0.25, -0.2) is 0 Å². The van der Waals surface area contributed by atoms with E-state index in [-0.39, 0.29) is 0 Å². The Morgan fingerprint density at radius 1 is 1.36 bits per heavy atom. The van der Waals surface area contributed by atoms with Crippen LogP contribution in [-0.2, 0) is 0 Å². The molecule has 2 aromatic rings. The highest BCUT2D eigenvalue weighted by molar-refractivity contribution is 7.81. The molecule has 4 N–H and O–H groups in total. The maximum absolute atomic E-state index is 9.05. The Labute approximate surface area is 90.7 Å². The number of fused-ring (bicyclic) bond motifs is 1. The molecule has 0 fully saturated rings. The van der Waals surface area contributed by atoms with E-state index < -0.39 is 7.12 Å². The predicted octanol–water partition coefficient (Wildman–Crippen LogP) is 0.452. The first-order valence-corrected chi connectivity index (χ1v) is 5.28. The van der Waals surface area contributed by atoms with Crippen molar-refractivity contribution < 1.29 is 10.0 Å². The van der Waals surface area contributed by atoms with Crippen LogP contribution in [0, 0.1) is 0 Å². The van der Waals surface area contributed by atoms with Gasteiger partial charge < -0.3 is 15.8 Å². The lowest BCUT2D eigenvalue weighted by Crippen LogP contribution is -2.30. The summed E-state index contributed by atoms with van der Waals surface area (Å²) in [6, 6.07) is 3.40. The molecule has 1 aromatic heterocycles. The molecule has 0 saturated carbocycles. The molecule has 0 amide bonds. The molecule has 14 heavy (non-hydrogen) atoms. The molecule has 6 heteroatoms. The van der Waals surface area contributed by atoms with Gasteiger partial charge in [0, 0.05) is 20.4 Å². The third-order valence-corrected chi connectivity index (χ3v) is 3.72. The first-order chi connectivity index (χ1) is 6.61. The van der Waals surface area contributed by atoms with Gasteiger partial charge in [0.2, 0.25) is 0 Å². The van der Waals surface area contributed by atoms with Crippen LogP contribution in [-0.4, -0.2) is 17.2 Å². The zero-order valence-corrected chi connectivity index (χ0v) is 8.85. The second-order valence-corrected chi connectivity index (χ2v) is 4.27. The minimum absolute atomic E-state index is 0.405. The molecule has 0 saturated heterocycles. The summed E-state index contributed by atoms with van der Waals surface area (Å²) in [4.78, 5) is 0.583. The zero-order valence-electron chi connectivity index (χ0n) is 7.14. The van der Waals surface area contributed by atoms with E-state index in [1.54, 1.807) is 12.1 Å². The number of anilines is 1. The Balaban J connectivity index is 2.76. The Kier molecular flexibility index (Phi) is 2.44. The molecule has 0 aliphatic carbocycles. The predicted molar refractivity (Wildman–Crippen MR) is 63.3 cm³/mol. The standard InChI is InChI=1S/C8H8BNO2S2/c10-6-3-14-8-4(6)1-2-5(7(8)13)9(11)12/h1-3,11-13H,10H2. The number of nitrogens with two attached hydrogens (primary N) is 1. The van der Waals surface area contributed by atoms with Gasteiger partial charge in [-0.1, -0.05) is 12.1 Å². The van der Waals surface area contributed by atoms with Crippen molar-refractivity contribution >= 4 is 52.3 Å². The second kappa shape index (κ2) is 3.47. The summed E-state index contributed by atoms with van der Waals surface area (Å²) in [5.41, 5.74) is 6.82. The van der Waals surface area contributed by atoms with Crippen LogP contribution in [0.1, 0.15) is 0 Å².